The first-order valence-electron chi connectivity index (χ1n) is 9.41. The lowest BCUT2D eigenvalue weighted by molar-refractivity contribution is -0.113. The molecule has 1 aliphatic carbocycles. The second kappa shape index (κ2) is 8.51. The van der Waals surface area contributed by atoms with Crippen LogP contribution in [0.4, 0.5) is 10.1 Å². The van der Waals surface area contributed by atoms with Gasteiger partial charge in [-0.05, 0) is 49.4 Å². The van der Waals surface area contributed by atoms with Crippen LogP contribution in [0, 0.1) is 5.82 Å². The summed E-state index contributed by atoms with van der Waals surface area (Å²) in [5, 5.41) is 3.88. The third-order valence-corrected chi connectivity index (χ3v) is 6.95. The van der Waals surface area contributed by atoms with Gasteiger partial charge in [0.2, 0.25) is 5.91 Å². The molecule has 150 valence electrons. The number of allylic oxidation sites excluding steroid dienone is 1. The molecular weight excluding hydrogens is 409 g/mol. The number of halogens is 1. The number of benzene rings is 1. The number of aryl methyl sites for hydroxylation is 2. The largest absolute Gasteiger partial charge is 0.325 e. The second-order valence-corrected chi connectivity index (χ2v) is 8.86. The predicted octanol–water partition coefficient (Wildman–Crippen LogP) is 4.39. The van der Waals surface area contributed by atoms with Gasteiger partial charge in [0.15, 0.2) is 5.16 Å². The van der Waals surface area contributed by atoms with E-state index in [1.807, 2.05) is 0 Å². The van der Waals surface area contributed by atoms with Gasteiger partial charge in [-0.3, -0.25) is 14.2 Å². The van der Waals surface area contributed by atoms with Gasteiger partial charge in [-0.15, -0.1) is 17.9 Å². The van der Waals surface area contributed by atoms with Crippen LogP contribution in [0.25, 0.3) is 10.2 Å². The molecule has 3 aromatic rings. The summed E-state index contributed by atoms with van der Waals surface area (Å²) < 4.78 is 14.9. The van der Waals surface area contributed by atoms with Gasteiger partial charge >= 0.3 is 0 Å². The lowest BCUT2D eigenvalue weighted by Gasteiger charge is -2.12. The number of anilines is 1. The summed E-state index contributed by atoms with van der Waals surface area (Å²) in [6, 6.07) is 5.74. The van der Waals surface area contributed by atoms with E-state index in [2.05, 4.69) is 11.9 Å². The Bertz CT molecular complexity index is 1150. The molecule has 0 radical (unpaired) electrons. The topological polar surface area (TPSA) is 64.0 Å². The first-order chi connectivity index (χ1) is 14.1. The van der Waals surface area contributed by atoms with Gasteiger partial charge in [0.25, 0.3) is 5.56 Å². The zero-order valence-corrected chi connectivity index (χ0v) is 17.4. The molecule has 2 aromatic heterocycles. The summed E-state index contributed by atoms with van der Waals surface area (Å²) in [5.41, 5.74) is 1.47. The molecule has 29 heavy (non-hydrogen) atoms. The van der Waals surface area contributed by atoms with E-state index in [-0.39, 0.29) is 17.2 Å². The molecule has 0 aliphatic heterocycles. The van der Waals surface area contributed by atoms with E-state index in [0.29, 0.717) is 17.4 Å². The Labute approximate surface area is 175 Å². The first-order valence-corrected chi connectivity index (χ1v) is 11.2. The number of amides is 1. The van der Waals surface area contributed by atoms with Crippen LogP contribution in [-0.4, -0.2) is 21.2 Å². The molecular formula is C21H20FN3O2S2. The highest BCUT2D eigenvalue weighted by molar-refractivity contribution is 7.99. The Morgan fingerprint density at radius 1 is 1.38 bits per heavy atom. The first kappa shape index (κ1) is 19.8. The lowest BCUT2D eigenvalue weighted by Crippen LogP contribution is -2.24. The number of carbonyl (C=O) groups excluding carboxylic acids is 1. The summed E-state index contributed by atoms with van der Waals surface area (Å²) >= 11 is 2.79. The summed E-state index contributed by atoms with van der Waals surface area (Å²) in [6.45, 7) is 4.08. The molecule has 0 bridgehead atoms. The van der Waals surface area contributed by atoms with Crippen molar-refractivity contribution in [1.82, 2.24) is 9.55 Å². The lowest BCUT2D eigenvalue weighted by atomic mass is 9.97. The van der Waals surface area contributed by atoms with Crippen LogP contribution in [0.5, 0.6) is 0 Å². The minimum absolute atomic E-state index is 0.0662. The number of fused-ring (bicyclic) bond motifs is 3. The van der Waals surface area contributed by atoms with Crippen LogP contribution in [0.15, 0.2) is 46.9 Å². The van der Waals surface area contributed by atoms with E-state index in [9.17, 15) is 14.0 Å². The number of nitrogens with one attached hydrogen (secondary N) is 1. The molecule has 5 nitrogen and oxygen atoms in total. The molecule has 0 atom stereocenters. The molecule has 0 saturated carbocycles. The smallest absolute Gasteiger partial charge is 0.263 e. The third kappa shape index (κ3) is 4.13. The summed E-state index contributed by atoms with van der Waals surface area (Å²) in [7, 11) is 0. The molecule has 1 amide bonds. The van der Waals surface area contributed by atoms with Crippen molar-refractivity contribution in [2.75, 3.05) is 11.1 Å². The number of hydrogen-bond donors (Lipinski definition) is 1. The fourth-order valence-corrected chi connectivity index (χ4v) is 5.62. The van der Waals surface area contributed by atoms with Crippen molar-refractivity contribution in [2.45, 2.75) is 37.4 Å². The maximum atomic E-state index is 13.3. The van der Waals surface area contributed by atoms with Crippen LogP contribution in [0.1, 0.15) is 23.3 Å². The van der Waals surface area contributed by atoms with Crippen molar-refractivity contribution in [1.29, 1.82) is 0 Å². The van der Waals surface area contributed by atoms with E-state index in [1.165, 1.54) is 34.8 Å². The van der Waals surface area contributed by atoms with Crippen LogP contribution in [-0.2, 0) is 24.2 Å². The van der Waals surface area contributed by atoms with E-state index in [1.54, 1.807) is 28.0 Å². The van der Waals surface area contributed by atoms with Crippen LogP contribution in [0.2, 0.25) is 0 Å². The molecule has 1 aliphatic rings. The minimum atomic E-state index is -0.413. The third-order valence-electron chi connectivity index (χ3n) is 4.79. The SMILES string of the molecule is C=CCn1c(SCC(=O)Nc2cccc(F)c2)nc2sc3c(c2c1=O)CCCC3. The van der Waals surface area contributed by atoms with Crippen molar-refractivity contribution in [3.8, 4) is 0 Å². The monoisotopic (exact) mass is 429 g/mol. The van der Waals surface area contributed by atoms with Crippen molar-refractivity contribution >= 4 is 44.9 Å². The van der Waals surface area contributed by atoms with Crippen LogP contribution in [0.3, 0.4) is 0 Å². The zero-order valence-electron chi connectivity index (χ0n) is 15.7. The van der Waals surface area contributed by atoms with Crippen LogP contribution < -0.4 is 10.9 Å². The number of rotatable bonds is 6. The molecule has 0 unspecified atom stereocenters. The normalized spacial score (nSPS) is 13.3. The predicted molar refractivity (Wildman–Crippen MR) is 116 cm³/mol. The number of thiophene rings is 1. The van der Waals surface area contributed by atoms with E-state index >= 15 is 0 Å². The van der Waals surface area contributed by atoms with Gasteiger partial charge in [0.05, 0.1) is 11.1 Å². The summed E-state index contributed by atoms with van der Waals surface area (Å²) in [5.74, 6) is -0.633. The number of hydrogen-bond acceptors (Lipinski definition) is 5. The van der Waals surface area contributed by atoms with Crippen molar-refractivity contribution < 1.29 is 9.18 Å². The summed E-state index contributed by atoms with van der Waals surface area (Å²) in [6.07, 6.45) is 5.81. The van der Waals surface area contributed by atoms with Crippen molar-refractivity contribution in [2.24, 2.45) is 0 Å². The van der Waals surface area contributed by atoms with Gasteiger partial charge in [0, 0.05) is 17.1 Å². The quantitative estimate of drug-likeness (QED) is 0.359. The Morgan fingerprint density at radius 2 is 2.21 bits per heavy atom. The zero-order chi connectivity index (χ0) is 20.4. The highest BCUT2D eigenvalue weighted by Gasteiger charge is 2.22. The van der Waals surface area contributed by atoms with Gasteiger partial charge in [-0.1, -0.05) is 23.9 Å². The van der Waals surface area contributed by atoms with Gasteiger partial charge in [-0.2, -0.15) is 0 Å². The average molecular weight is 430 g/mol. The molecule has 2 heterocycles. The Hall–Kier alpha value is -2.45. The van der Waals surface area contributed by atoms with Gasteiger partial charge < -0.3 is 5.32 Å². The standard InChI is InChI=1S/C21H20FN3O2S2/c1-2-10-25-20(27)18-15-8-3-4-9-16(15)29-19(18)24-21(25)28-12-17(26)23-14-7-5-6-13(22)11-14/h2,5-7,11H,1,3-4,8-10,12H2,(H,23,26). The van der Waals surface area contributed by atoms with Gasteiger partial charge in [-0.25, -0.2) is 9.37 Å². The second-order valence-electron chi connectivity index (χ2n) is 6.84. The Balaban J connectivity index is 1.60. The molecule has 1 aromatic carbocycles. The molecule has 0 spiro atoms. The highest BCUT2D eigenvalue weighted by atomic mass is 32.2. The highest BCUT2D eigenvalue weighted by Crippen LogP contribution is 2.34. The Morgan fingerprint density at radius 3 is 3.00 bits per heavy atom. The van der Waals surface area contributed by atoms with Crippen molar-refractivity contribution in [3.05, 3.63) is 63.5 Å². The van der Waals surface area contributed by atoms with E-state index in [4.69, 9.17) is 4.98 Å². The fourth-order valence-electron chi connectivity index (χ4n) is 3.51. The fraction of sp³-hybridized carbons (Fsp3) is 0.286. The van der Waals surface area contributed by atoms with E-state index < -0.39 is 5.82 Å². The number of carbonyl (C=O) groups is 1. The maximum Gasteiger partial charge on any atom is 0.263 e. The summed E-state index contributed by atoms with van der Waals surface area (Å²) in [4.78, 5) is 32.2. The number of nitrogens with zero attached hydrogens (tertiary/aromatic N) is 2. The minimum Gasteiger partial charge on any atom is -0.325 e. The number of thioether (sulfide) groups is 1. The van der Waals surface area contributed by atoms with Crippen LogP contribution >= 0.6 is 23.1 Å². The Kier molecular flexibility index (Phi) is 5.82. The molecule has 4 rings (SSSR count). The van der Waals surface area contributed by atoms with Crippen molar-refractivity contribution in [3.63, 3.8) is 0 Å². The maximum absolute atomic E-state index is 13.3. The molecule has 1 N–H and O–H groups in total. The van der Waals surface area contributed by atoms with Gasteiger partial charge in [0.1, 0.15) is 10.6 Å². The molecule has 8 heteroatoms. The molecule has 0 fully saturated rings. The molecule has 0 saturated heterocycles. The number of aromatic nitrogens is 2. The van der Waals surface area contributed by atoms with E-state index in [0.717, 1.165) is 41.5 Å². The average Bonchev–Trinajstić information content (AvgIpc) is 3.07.